The Morgan fingerprint density at radius 1 is 0.600 bits per heavy atom. The molecule has 0 heterocycles. The molecule has 0 saturated carbocycles. The summed E-state index contributed by atoms with van der Waals surface area (Å²) in [5.74, 6) is 2.93. The predicted molar refractivity (Wildman–Crippen MR) is 166 cm³/mol. The molecule has 0 aromatic heterocycles. The molecule has 0 aromatic carbocycles. The molecule has 0 amide bonds. The summed E-state index contributed by atoms with van der Waals surface area (Å²) in [6.45, 7) is 14.5. The van der Waals surface area contributed by atoms with Crippen LogP contribution in [0.4, 0.5) is 0 Å². The summed E-state index contributed by atoms with van der Waals surface area (Å²) in [6.07, 6.45) is 7.19. The first kappa shape index (κ1) is 85.9. The Bertz CT molecular complexity index is 185. The van der Waals surface area contributed by atoms with E-state index in [0.29, 0.717) is 21.2 Å². The van der Waals surface area contributed by atoms with Crippen molar-refractivity contribution in [3.63, 3.8) is 0 Å². The van der Waals surface area contributed by atoms with Crippen molar-refractivity contribution in [2.75, 3.05) is 17.3 Å². The first-order valence-electron chi connectivity index (χ1n) is 7.88. The van der Waals surface area contributed by atoms with E-state index >= 15 is 0 Å². The minimum absolute atomic E-state index is 0. The molecule has 0 nitrogen and oxygen atoms in total. The summed E-state index contributed by atoms with van der Waals surface area (Å²) in [5, 5.41) is 0. The minimum atomic E-state index is 0. The fraction of sp³-hybridized carbons (Fsp3) is 1.00. The van der Waals surface area contributed by atoms with Gasteiger partial charge in [0.05, 0.1) is 0 Å². The van der Waals surface area contributed by atoms with Crippen LogP contribution in [0.5, 0.6) is 0 Å². The SMILES string of the molecule is C.C.C.C.C.C.C.C.C.C.C.C.CC[I-]C(CCPC)C(CC)C(CC)C(C)CC. The summed E-state index contributed by atoms with van der Waals surface area (Å²) in [7, 11) is 1.16. The van der Waals surface area contributed by atoms with Crippen molar-refractivity contribution in [2.24, 2.45) is 17.8 Å². The molecular formula is C28H83IP-. The van der Waals surface area contributed by atoms with Gasteiger partial charge >= 0.3 is 129 Å². The van der Waals surface area contributed by atoms with Crippen LogP contribution in [0.1, 0.15) is 149 Å². The van der Waals surface area contributed by atoms with Crippen LogP contribution in [0, 0.1) is 17.8 Å². The van der Waals surface area contributed by atoms with Crippen molar-refractivity contribution in [1.82, 2.24) is 0 Å². The van der Waals surface area contributed by atoms with Gasteiger partial charge in [-0.05, 0) is 0 Å². The summed E-state index contributed by atoms with van der Waals surface area (Å²) >= 11 is 0.437. The van der Waals surface area contributed by atoms with Crippen molar-refractivity contribution in [3.8, 4) is 0 Å². The fourth-order valence-electron chi connectivity index (χ4n) is 3.14. The normalized spacial score (nSPS) is 11.5. The zero-order chi connectivity index (χ0) is 14.0. The Kier molecular flexibility index (Phi) is 164. The first-order valence-corrected chi connectivity index (χ1v) is 12.4. The molecule has 0 aliphatic rings. The number of rotatable bonds is 11. The second-order valence-corrected chi connectivity index (χ2v) is 10.6. The van der Waals surface area contributed by atoms with Crippen molar-refractivity contribution in [3.05, 3.63) is 0 Å². The maximum atomic E-state index is 2.49. The molecule has 0 radical (unpaired) electrons. The van der Waals surface area contributed by atoms with E-state index in [2.05, 4.69) is 41.3 Å². The van der Waals surface area contributed by atoms with E-state index in [1.165, 1.54) is 36.3 Å². The molecule has 30 heavy (non-hydrogen) atoms. The Labute approximate surface area is 217 Å². The molecule has 0 aromatic rings. The summed E-state index contributed by atoms with van der Waals surface area (Å²) in [4.78, 5) is 0. The quantitative estimate of drug-likeness (QED) is 0.130. The Morgan fingerprint density at radius 3 is 1.20 bits per heavy atom. The monoisotopic (exact) mass is 578 g/mol. The molecular weight excluding hydrogens is 494 g/mol. The van der Waals surface area contributed by atoms with Crippen LogP contribution < -0.4 is 21.2 Å². The average molecular weight is 578 g/mol. The molecule has 0 fully saturated rings. The van der Waals surface area contributed by atoms with Crippen molar-refractivity contribution < 1.29 is 21.2 Å². The molecule has 208 valence electrons. The Balaban J connectivity index is -0.0000000219. The van der Waals surface area contributed by atoms with Crippen LogP contribution in [-0.2, 0) is 0 Å². The first-order chi connectivity index (χ1) is 8.65. The summed E-state index contributed by atoms with van der Waals surface area (Å²) in [6, 6.07) is 0. The Morgan fingerprint density at radius 2 is 0.967 bits per heavy atom. The number of hydrogen-bond acceptors (Lipinski definition) is 0. The second kappa shape index (κ2) is 57.3. The molecule has 2 heteroatoms. The third-order valence-electron chi connectivity index (χ3n) is 4.35. The van der Waals surface area contributed by atoms with Crippen LogP contribution in [0.3, 0.4) is 0 Å². The van der Waals surface area contributed by atoms with E-state index in [0.717, 1.165) is 30.3 Å². The van der Waals surface area contributed by atoms with Crippen LogP contribution in [0.15, 0.2) is 0 Å². The summed E-state index contributed by atoms with van der Waals surface area (Å²) < 4.78 is 2.58. The van der Waals surface area contributed by atoms with Crippen LogP contribution in [0.2, 0.25) is 0 Å². The van der Waals surface area contributed by atoms with E-state index in [1.54, 1.807) is 0 Å². The van der Waals surface area contributed by atoms with Crippen LogP contribution >= 0.6 is 8.58 Å². The van der Waals surface area contributed by atoms with Crippen molar-refractivity contribution in [1.29, 1.82) is 0 Å². The third-order valence-corrected chi connectivity index (χ3v) is 8.70. The maximum absolute atomic E-state index is 2.49. The standard InChI is InChI=1S/C16H35IP.12CH4/c1-7-13(5)14(8-2)15(9-3)16(17-10-4)11-12-18-6;;;;;;;;;;;;/h13-16,18H,7-12H2,1-6H3;12*1H4/q-1;;;;;;;;;;;;. The topological polar surface area (TPSA) is 0 Å². The summed E-state index contributed by atoms with van der Waals surface area (Å²) in [5.41, 5.74) is 0. The van der Waals surface area contributed by atoms with Gasteiger partial charge in [-0.15, -0.1) is 0 Å². The molecule has 0 rings (SSSR count). The number of alkyl halides is 2. The van der Waals surface area contributed by atoms with Gasteiger partial charge in [0.25, 0.3) is 0 Å². The second-order valence-electron chi connectivity index (χ2n) is 5.36. The van der Waals surface area contributed by atoms with Gasteiger partial charge in [-0.3, -0.25) is 0 Å². The average Bonchev–Trinajstić information content (AvgIpc) is 2.40. The molecule has 0 aliphatic carbocycles. The van der Waals surface area contributed by atoms with E-state index in [9.17, 15) is 0 Å². The number of halogens is 1. The molecule has 5 unspecified atom stereocenters. The zero-order valence-electron chi connectivity index (χ0n) is 13.4. The molecule has 0 saturated heterocycles. The van der Waals surface area contributed by atoms with Crippen molar-refractivity contribution >= 4 is 8.58 Å². The molecule has 0 aliphatic heterocycles. The van der Waals surface area contributed by atoms with Gasteiger partial charge in [0, 0.05) is 0 Å². The zero-order valence-corrected chi connectivity index (χ0v) is 16.6. The molecule has 0 bridgehead atoms. The third kappa shape index (κ3) is 33.8. The van der Waals surface area contributed by atoms with E-state index in [1.807, 2.05) is 0 Å². The molecule has 0 spiro atoms. The van der Waals surface area contributed by atoms with Gasteiger partial charge < -0.3 is 0 Å². The molecule has 0 N–H and O–H groups in total. The van der Waals surface area contributed by atoms with Gasteiger partial charge in [0.1, 0.15) is 0 Å². The van der Waals surface area contributed by atoms with Gasteiger partial charge in [-0.1, -0.05) is 89.1 Å². The van der Waals surface area contributed by atoms with Crippen LogP contribution in [0.25, 0.3) is 0 Å². The van der Waals surface area contributed by atoms with Gasteiger partial charge in [-0.2, -0.15) is 0 Å². The van der Waals surface area contributed by atoms with Crippen molar-refractivity contribution in [2.45, 2.75) is 153 Å². The van der Waals surface area contributed by atoms with Gasteiger partial charge in [0.2, 0.25) is 0 Å². The van der Waals surface area contributed by atoms with E-state index in [-0.39, 0.29) is 89.1 Å². The fourth-order valence-corrected chi connectivity index (χ4v) is 7.91. The predicted octanol–water partition coefficient (Wildman–Crippen LogP) is 9.89. The van der Waals surface area contributed by atoms with Crippen LogP contribution in [-0.4, -0.2) is 21.2 Å². The van der Waals surface area contributed by atoms with Gasteiger partial charge in [0.15, 0.2) is 0 Å². The van der Waals surface area contributed by atoms with Gasteiger partial charge in [-0.25, -0.2) is 0 Å². The van der Waals surface area contributed by atoms with E-state index < -0.39 is 0 Å². The number of hydrogen-bond donors (Lipinski definition) is 0. The molecule has 5 atom stereocenters. The van der Waals surface area contributed by atoms with E-state index in [4.69, 9.17) is 0 Å². The Hall–Kier alpha value is 1.16.